The number of rotatable bonds is 5. The molecule has 0 aliphatic heterocycles. The minimum absolute atomic E-state index is 0.0159. The fourth-order valence-electron chi connectivity index (χ4n) is 2.80. The lowest BCUT2D eigenvalue weighted by Gasteiger charge is -2.37. The number of hydrogen-bond donors (Lipinski definition) is 2. The van der Waals surface area contributed by atoms with Gasteiger partial charge in [-0.2, -0.15) is 0 Å². The number of carbonyl (C=O) groups excluding carboxylic acids is 1. The molecule has 0 aromatic carbocycles. The van der Waals surface area contributed by atoms with E-state index in [0.29, 0.717) is 17.8 Å². The smallest absolute Gasteiger partial charge is 0.322 e. The lowest BCUT2D eigenvalue weighted by molar-refractivity contribution is -0.139. The molecule has 0 radical (unpaired) electrons. The van der Waals surface area contributed by atoms with Gasteiger partial charge in [-0.3, -0.25) is 9.59 Å². The molecule has 2 N–H and O–H groups in total. The highest BCUT2D eigenvalue weighted by Gasteiger charge is 2.36. The Bertz CT molecular complexity index is 309. The summed E-state index contributed by atoms with van der Waals surface area (Å²) in [5.41, 5.74) is 0. The number of carboxylic acids is 1. The molecule has 1 aliphatic carbocycles. The number of carboxylic acid groups (broad SMARTS) is 1. The van der Waals surface area contributed by atoms with Gasteiger partial charge in [-0.15, -0.1) is 0 Å². The molecule has 5 heteroatoms. The van der Waals surface area contributed by atoms with E-state index in [4.69, 9.17) is 5.11 Å². The summed E-state index contributed by atoms with van der Waals surface area (Å²) in [4.78, 5) is 22.6. The van der Waals surface area contributed by atoms with Gasteiger partial charge < -0.3 is 10.4 Å². The van der Waals surface area contributed by atoms with Crippen molar-refractivity contribution >= 4 is 34.5 Å². The summed E-state index contributed by atoms with van der Waals surface area (Å²) in [7, 11) is 0. The topological polar surface area (TPSA) is 66.4 Å². The predicted molar refractivity (Wildman–Crippen MR) is 78.7 cm³/mol. The van der Waals surface area contributed by atoms with E-state index in [9.17, 15) is 9.59 Å². The summed E-state index contributed by atoms with van der Waals surface area (Å²) in [6.07, 6.45) is 3.14. The normalized spacial score (nSPS) is 29.6. The Hall–Kier alpha value is -0.330. The summed E-state index contributed by atoms with van der Waals surface area (Å²) < 4.78 is 1.04. The zero-order chi connectivity index (χ0) is 13.7. The van der Waals surface area contributed by atoms with E-state index >= 15 is 0 Å². The van der Waals surface area contributed by atoms with Crippen LogP contribution in [0.2, 0.25) is 0 Å². The monoisotopic (exact) mass is 367 g/mol. The third-order valence-electron chi connectivity index (χ3n) is 3.89. The molecule has 1 saturated carbocycles. The third-order valence-corrected chi connectivity index (χ3v) is 5.28. The van der Waals surface area contributed by atoms with Crippen LogP contribution in [0.4, 0.5) is 0 Å². The van der Waals surface area contributed by atoms with Crippen LogP contribution in [0.1, 0.15) is 33.1 Å². The molecule has 4 unspecified atom stereocenters. The second-order valence-corrected chi connectivity index (χ2v) is 6.31. The molecular weight excluding hydrogens is 345 g/mol. The average molecular weight is 367 g/mol. The maximum Gasteiger partial charge on any atom is 0.322 e. The van der Waals surface area contributed by atoms with Crippen molar-refractivity contribution in [2.24, 2.45) is 23.7 Å². The van der Waals surface area contributed by atoms with E-state index < -0.39 is 5.97 Å². The van der Waals surface area contributed by atoms with Crippen molar-refractivity contribution in [1.82, 2.24) is 5.32 Å². The molecule has 1 aliphatic rings. The van der Waals surface area contributed by atoms with Crippen LogP contribution >= 0.6 is 22.6 Å². The van der Waals surface area contributed by atoms with Crippen molar-refractivity contribution < 1.29 is 14.7 Å². The van der Waals surface area contributed by atoms with Gasteiger partial charge in [0, 0.05) is 10.3 Å². The van der Waals surface area contributed by atoms with Crippen molar-refractivity contribution in [2.75, 3.05) is 11.0 Å². The lowest BCUT2D eigenvalue weighted by atomic mass is 9.70. The van der Waals surface area contributed by atoms with Crippen LogP contribution in [0, 0.1) is 23.7 Å². The van der Waals surface area contributed by atoms with Gasteiger partial charge in [0.2, 0.25) is 5.91 Å². The molecule has 0 aromatic heterocycles. The van der Waals surface area contributed by atoms with Crippen LogP contribution in [-0.4, -0.2) is 28.0 Å². The summed E-state index contributed by atoms with van der Waals surface area (Å²) in [5.74, 6) is 0.392. The predicted octanol–water partition coefficient (Wildman–Crippen LogP) is 2.31. The van der Waals surface area contributed by atoms with Crippen molar-refractivity contribution in [3.8, 4) is 0 Å². The molecule has 1 amide bonds. The first-order valence-corrected chi connectivity index (χ1v) is 8.03. The van der Waals surface area contributed by atoms with Crippen LogP contribution in [0.25, 0.3) is 0 Å². The maximum absolute atomic E-state index is 12.1. The molecule has 0 bridgehead atoms. The second-order valence-electron chi connectivity index (χ2n) is 5.43. The van der Waals surface area contributed by atoms with E-state index in [-0.39, 0.29) is 18.4 Å². The van der Waals surface area contributed by atoms with Crippen LogP contribution < -0.4 is 5.32 Å². The van der Waals surface area contributed by atoms with Gasteiger partial charge >= 0.3 is 5.97 Å². The quantitative estimate of drug-likeness (QED) is 0.579. The van der Waals surface area contributed by atoms with Crippen LogP contribution in [-0.2, 0) is 9.59 Å². The fourth-order valence-corrected chi connectivity index (χ4v) is 3.45. The minimum atomic E-state index is -0.981. The van der Waals surface area contributed by atoms with Crippen molar-refractivity contribution in [3.63, 3.8) is 0 Å². The number of alkyl halides is 1. The first kappa shape index (κ1) is 15.7. The van der Waals surface area contributed by atoms with E-state index in [1.165, 1.54) is 6.42 Å². The molecular formula is C13H22INO3. The van der Waals surface area contributed by atoms with Crippen LogP contribution in [0.15, 0.2) is 0 Å². The summed E-state index contributed by atoms with van der Waals surface area (Å²) in [6.45, 7) is 4.09. The molecule has 104 valence electrons. The molecule has 4 atom stereocenters. The highest BCUT2D eigenvalue weighted by Crippen LogP contribution is 2.38. The Morgan fingerprint density at radius 3 is 2.67 bits per heavy atom. The molecule has 18 heavy (non-hydrogen) atoms. The van der Waals surface area contributed by atoms with E-state index in [1.54, 1.807) is 0 Å². The van der Waals surface area contributed by atoms with E-state index in [2.05, 4.69) is 41.8 Å². The minimum Gasteiger partial charge on any atom is -0.480 e. The number of amides is 1. The van der Waals surface area contributed by atoms with Gasteiger partial charge in [-0.05, 0) is 30.6 Å². The van der Waals surface area contributed by atoms with Gasteiger partial charge in [0.15, 0.2) is 0 Å². The summed E-state index contributed by atoms with van der Waals surface area (Å²) in [6, 6.07) is 0. The van der Waals surface area contributed by atoms with E-state index in [0.717, 1.165) is 17.3 Å². The Morgan fingerprint density at radius 2 is 2.11 bits per heavy atom. The maximum atomic E-state index is 12.1. The van der Waals surface area contributed by atoms with Crippen LogP contribution in [0.5, 0.6) is 0 Å². The first-order chi connectivity index (χ1) is 8.45. The van der Waals surface area contributed by atoms with Gasteiger partial charge in [0.05, 0.1) is 0 Å². The second kappa shape index (κ2) is 7.31. The van der Waals surface area contributed by atoms with Crippen molar-refractivity contribution in [2.45, 2.75) is 33.1 Å². The standard InChI is InChI=1S/C13H22INO3/c1-8-3-4-10(9(2)6-14)11(5-8)13(18)15-7-12(16)17/h8-11H,3-7H2,1-2H3,(H,15,18)(H,16,17). The Kier molecular flexibility index (Phi) is 6.38. The molecule has 1 rings (SSSR count). The Morgan fingerprint density at radius 1 is 1.44 bits per heavy atom. The zero-order valence-electron chi connectivity index (χ0n) is 11.0. The van der Waals surface area contributed by atoms with Gasteiger partial charge in [-0.25, -0.2) is 0 Å². The van der Waals surface area contributed by atoms with E-state index in [1.807, 2.05) is 0 Å². The molecule has 0 saturated heterocycles. The number of carbonyl (C=O) groups is 2. The van der Waals surface area contributed by atoms with Crippen LogP contribution in [0.3, 0.4) is 0 Å². The van der Waals surface area contributed by atoms with Gasteiger partial charge in [0.1, 0.15) is 6.54 Å². The molecule has 1 fully saturated rings. The third kappa shape index (κ3) is 4.40. The highest BCUT2D eigenvalue weighted by atomic mass is 127. The summed E-state index contributed by atoms with van der Waals surface area (Å²) in [5, 5.41) is 11.2. The zero-order valence-corrected chi connectivity index (χ0v) is 13.1. The number of nitrogens with one attached hydrogen (secondary N) is 1. The average Bonchev–Trinajstić information content (AvgIpc) is 2.34. The molecule has 4 nitrogen and oxygen atoms in total. The fraction of sp³-hybridized carbons (Fsp3) is 0.846. The Labute approximate surface area is 122 Å². The number of halogens is 1. The number of hydrogen-bond acceptors (Lipinski definition) is 2. The number of aliphatic carboxylic acids is 1. The van der Waals surface area contributed by atoms with Gasteiger partial charge in [-0.1, -0.05) is 42.9 Å². The molecule has 0 aromatic rings. The molecule has 0 spiro atoms. The molecule has 0 heterocycles. The Balaban J connectivity index is 2.66. The lowest BCUT2D eigenvalue weighted by Crippen LogP contribution is -2.42. The highest BCUT2D eigenvalue weighted by molar-refractivity contribution is 14.1. The van der Waals surface area contributed by atoms with Crippen molar-refractivity contribution in [3.05, 3.63) is 0 Å². The largest absolute Gasteiger partial charge is 0.480 e. The van der Waals surface area contributed by atoms with Gasteiger partial charge in [0.25, 0.3) is 0 Å². The van der Waals surface area contributed by atoms with Crippen molar-refractivity contribution in [1.29, 1.82) is 0 Å². The summed E-state index contributed by atoms with van der Waals surface area (Å²) >= 11 is 2.36. The first-order valence-electron chi connectivity index (χ1n) is 6.51. The SMILES string of the molecule is CC1CCC(C(C)CI)C(C(=O)NCC(=O)O)C1.